The molecule has 0 saturated carbocycles. The first kappa shape index (κ1) is 9.02. The molecule has 1 rings (SSSR count). The lowest BCUT2D eigenvalue weighted by Crippen LogP contribution is -2.53. The number of rotatable bonds is 3. The van der Waals surface area contributed by atoms with Gasteiger partial charge in [0.1, 0.15) is 11.8 Å². The van der Waals surface area contributed by atoms with Crippen LogP contribution in [-0.4, -0.2) is 23.2 Å². The highest BCUT2D eigenvalue weighted by atomic mass is 16.6. The van der Waals surface area contributed by atoms with E-state index in [0.717, 1.165) is 0 Å². The fourth-order valence-electron chi connectivity index (χ4n) is 1.07. The Hall–Kier alpha value is -1.07. The van der Waals surface area contributed by atoms with Crippen molar-refractivity contribution in [2.24, 2.45) is 11.7 Å². The predicted molar refractivity (Wildman–Crippen MR) is 41.9 cm³/mol. The number of hydrogen-bond acceptors (Lipinski definition) is 4. The Morgan fingerprint density at radius 1 is 1.92 bits per heavy atom. The summed E-state index contributed by atoms with van der Waals surface area (Å²) in [6.45, 7) is 1.78. The molecule has 0 spiro atoms. The van der Waals surface area contributed by atoms with Crippen molar-refractivity contribution in [3.63, 3.8) is 0 Å². The van der Waals surface area contributed by atoms with E-state index in [-0.39, 0.29) is 6.54 Å². The molecule has 2 unspecified atom stereocenters. The molecule has 0 saturated heterocycles. The lowest BCUT2D eigenvalue weighted by atomic mass is 9.86. The van der Waals surface area contributed by atoms with Gasteiger partial charge in [-0.1, -0.05) is 0 Å². The third-order valence-electron chi connectivity index (χ3n) is 2.16. The lowest BCUT2D eigenvalue weighted by Gasteiger charge is -2.27. The summed E-state index contributed by atoms with van der Waals surface area (Å²) in [5.74, 6) is -1.51. The molecule has 0 aromatic carbocycles. The van der Waals surface area contributed by atoms with E-state index >= 15 is 0 Å². The van der Waals surface area contributed by atoms with Crippen LogP contribution in [0.4, 0.5) is 0 Å². The van der Waals surface area contributed by atoms with Crippen molar-refractivity contribution in [1.29, 1.82) is 0 Å². The summed E-state index contributed by atoms with van der Waals surface area (Å²) < 4.78 is 0. The van der Waals surface area contributed by atoms with Crippen molar-refractivity contribution in [2.75, 3.05) is 6.54 Å². The van der Waals surface area contributed by atoms with Gasteiger partial charge in [-0.3, -0.25) is 4.79 Å². The van der Waals surface area contributed by atoms with E-state index in [9.17, 15) is 4.79 Å². The summed E-state index contributed by atoms with van der Waals surface area (Å²) in [5, 5.41) is 8.75. The van der Waals surface area contributed by atoms with Crippen LogP contribution in [0, 0.1) is 5.92 Å². The zero-order chi connectivity index (χ0) is 9.19. The van der Waals surface area contributed by atoms with Crippen LogP contribution < -0.4 is 11.2 Å². The van der Waals surface area contributed by atoms with Gasteiger partial charge >= 0.3 is 5.97 Å². The van der Waals surface area contributed by atoms with Gasteiger partial charge in [-0.25, -0.2) is 0 Å². The Labute approximate surface area is 70.1 Å². The minimum Gasteiger partial charge on any atom is -0.481 e. The van der Waals surface area contributed by atoms with E-state index in [4.69, 9.17) is 15.7 Å². The fraction of sp³-hybridized carbons (Fsp3) is 0.571. The maximum atomic E-state index is 10.7. The molecule has 1 aliphatic rings. The van der Waals surface area contributed by atoms with Crippen molar-refractivity contribution in [3.8, 4) is 0 Å². The second-order valence-electron chi connectivity index (χ2n) is 2.83. The Morgan fingerprint density at radius 3 is 2.92 bits per heavy atom. The molecule has 0 aliphatic carbocycles. The number of hydrogen-bond donors (Lipinski definition) is 3. The van der Waals surface area contributed by atoms with Crippen molar-refractivity contribution >= 4 is 5.97 Å². The van der Waals surface area contributed by atoms with Gasteiger partial charge in [0.15, 0.2) is 0 Å². The second kappa shape index (κ2) is 3.12. The maximum Gasteiger partial charge on any atom is 0.308 e. The number of carboxylic acids is 1. The summed E-state index contributed by atoms with van der Waals surface area (Å²) >= 11 is 0. The molecule has 1 heterocycles. The van der Waals surface area contributed by atoms with Crippen molar-refractivity contribution < 1.29 is 14.7 Å². The van der Waals surface area contributed by atoms with Crippen molar-refractivity contribution in [2.45, 2.75) is 12.5 Å². The van der Waals surface area contributed by atoms with E-state index in [1.165, 1.54) is 6.26 Å². The molecule has 0 amide bonds. The largest absolute Gasteiger partial charge is 0.481 e. The summed E-state index contributed by atoms with van der Waals surface area (Å²) in [5.41, 5.74) is 7.28. The summed E-state index contributed by atoms with van der Waals surface area (Å²) in [7, 11) is 0. The van der Waals surface area contributed by atoms with Gasteiger partial charge in [-0.15, -0.1) is 5.48 Å². The lowest BCUT2D eigenvalue weighted by molar-refractivity contribution is -0.144. The summed E-state index contributed by atoms with van der Waals surface area (Å²) in [6, 6.07) is 0. The molecule has 0 radical (unpaired) electrons. The van der Waals surface area contributed by atoms with Gasteiger partial charge in [0, 0.05) is 6.54 Å². The molecule has 12 heavy (non-hydrogen) atoms. The Kier molecular flexibility index (Phi) is 2.35. The third kappa shape index (κ3) is 1.28. The number of nitrogens with two attached hydrogens (primary N) is 1. The summed E-state index contributed by atoms with van der Waals surface area (Å²) in [6.07, 6.45) is 3.04. The molecule has 0 fully saturated rings. The molecular formula is C7H12N2O3. The molecule has 0 bridgehead atoms. The van der Waals surface area contributed by atoms with Crippen LogP contribution in [0.1, 0.15) is 6.92 Å². The highest BCUT2D eigenvalue weighted by molar-refractivity contribution is 5.72. The first-order valence-electron chi connectivity index (χ1n) is 3.66. The zero-order valence-electron chi connectivity index (χ0n) is 6.78. The van der Waals surface area contributed by atoms with Gasteiger partial charge in [-0.2, -0.15) is 0 Å². The van der Waals surface area contributed by atoms with E-state index in [2.05, 4.69) is 5.48 Å². The molecule has 68 valence electrons. The number of carboxylic acid groups (broad SMARTS) is 1. The maximum absolute atomic E-state index is 10.7. The second-order valence-corrected chi connectivity index (χ2v) is 2.83. The molecule has 0 aromatic rings. The number of carbonyl (C=O) groups is 1. The zero-order valence-corrected chi connectivity index (χ0v) is 6.78. The van der Waals surface area contributed by atoms with Crippen molar-refractivity contribution in [1.82, 2.24) is 5.48 Å². The van der Waals surface area contributed by atoms with Gasteiger partial charge in [0.25, 0.3) is 0 Å². The molecule has 2 atom stereocenters. The molecule has 4 N–H and O–H groups in total. The Bertz CT molecular complexity index is 217. The normalized spacial score (nSPS) is 29.8. The van der Waals surface area contributed by atoms with Crippen molar-refractivity contribution in [3.05, 3.63) is 12.3 Å². The SMILES string of the molecule is CC(C(=O)O)C1(CN)C=CON1. The Morgan fingerprint density at radius 2 is 2.58 bits per heavy atom. The quantitative estimate of drug-likeness (QED) is 0.532. The highest BCUT2D eigenvalue weighted by Crippen LogP contribution is 2.22. The topological polar surface area (TPSA) is 84.6 Å². The van der Waals surface area contributed by atoms with E-state index < -0.39 is 17.4 Å². The van der Waals surface area contributed by atoms with E-state index in [1.807, 2.05) is 0 Å². The van der Waals surface area contributed by atoms with Crippen LogP contribution in [0.15, 0.2) is 12.3 Å². The minimum absolute atomic E-state index is 0.191. The molecule has 5 heteroatoms. The molecular weight excluding hydrogens is 160 g/mol. The smallest absolute Gasteiger partial charge is 0.308 e. The average Bonchev–Trinajstić information content (AvgIpc) is 2.52. The number of hydroxylamine groups is 1. The van der Waals surface area contributed by atoms with Crippen LogP contribution in [0.25, 0.3) is 0 Å². The van der Waals surface area contributed by atoms with E-state index in [0.29, 0.717) is 0 Å². The van der Waals surface area contributed by atoms with Crippen LogP contribution in [0.2, 0.25) is 0 Å². The first-order valence-corrected chi connectivity index (χ1v) is 3.66. The molecule has 5 nitrogen and oxygen atoms in total. The summed E-state index contributed by atoms with van der Waals surface area (Å²) in [4.78, 5) is 15.4. The van der Waals surface area contributed by atoms with E-state index in [1.54, 1.807) is 13.0 Å². The van der Waals surface area contributed by atoms with Gasteiger partial charge < -0.3 is 15.7 Å². The van der Waals surface area contributed by atoms with Crippen LogP contribution >= 0.6 is 0 Å². The monoisotopic (exact) mass is 172 g/mol. The molecule has 0 aromatic heterocycles. The number of nitrogens with one attached hydrogen (secondary N) is 1. The van der Waals surface area contributed by atoms with Crippen LogP contribution in [0.5, 0.6) is 0 Å². The Balaban J connectivity index is 2.79. The van der Waals surface area contributed by atoms with Crippen LogP contribution in [-0.2, 0) is 9.63 Å². The van der Waals surface area contributed by atoms with Gasteiger partial charge in [0.2, 0.25) is 0 Å². The highest BCUT2D eigenvalue weighted by Gasteiger charge is 2.40. The standard InChI is InChI=1S/C7H12N2O3/c1-5(6(10)11)7(4-8)2-3-12-9-7/h2-3,5,9H,4,8H2,1H3,(H,10,11). The van der Waals surface area contributed by atoms with Crippen LogP contribution in [0.3, 0.4) is 0 Å². The predicted octanol–water partition coefficient (Wildman–Crippen LogP) is -0.547. The van der Waals surface area contributed by atoms with Gasteiger partial charge in [0.05, 0.1) is 5.92 Å². The fourth-order valence-corrected chi connectivity index (χ4v) is 1.07. The van der Waals surface area contributed by atoms with Gasteiger partial charge in [-0.05, 0) is 13.0 Å². The average molecular weight is 172 g/mol. The molecule has 1 aliphatic heterocycles. The number of aliphatic carboxylic acids is 1. The third-order valence-corrected chi connectivity index (χ3v) is 2.16. The first-order chi connectivity index (χ1) is 5.62. The minimum atomic E-state index is -0.900.